The monoisotopic (exact) mass is 572 g/mol. The molecule has 220 valence electrons. The van der Waals surface area contributed by atoms with E-state index in [0.717, 1.165) is 13.0 Å². The van der Waals surface area contributed by atoms with E-state index in [1.807, 2.05) is 13.8 Å². The number of amides is 1. The molecule has 0 spiro atoms. The molecular formula is C33H36N2O7. The van der Waals surface area contributed by atoms with Crippen LogP contribution in [-0.4, -0.2) is 48.5 Å². The first kappa shape index (κ1) is 30.5. The van der Waals surface area contributed by atoms with Crippen LogP contribution in [0.1, 0.15) is 65.8 Å². The zero-order valence-electron chi connectivity index (χ0n) is 23.8. The van der Waals surface area contributed by atoms with Crippen molar-refractivity contribution in [3.8, 4) is 11.5 Å². The van der Waals surface area contributed by atoms with Gasteiger partial charge in [-0.15, -0.1) is 0 Å². The van der Waals surface area contributed by atoms with E-state index in [2.05, 4.69) is 10.6 Å². The third kappa shape index (κ3) is 8.27. The minimum Gasteiger partial charge on any atom is -0.461 e. The predicted octanol–water partition coefficient (Wildman–Crippen LogP) is 4.64. The van der Waals surface area contributed by atoms with E-state index in [1.54, 1.807) is 66.7 Å². The van der Waals surface area contributed by atoms with Crippen LogP contribution in [0.25, 0.3) is 0 Å². The van der Waals surface area contributed by atoms with Crippen LogP contribution in [0.2, 0.25) is 0 Å². The average Bonchev–Trinajstić information content (AvgIpc) is 3.57. The summed E-state index contributed by atoms with van der Waals surface area (Å²) in [4.78, 5) is 51.9. The standard InChI is InChI=1S/C33H36N2O7/c1-3-25(4-2)40-33(39)27(35-30(36)26-16-11-19-34-26)20-22-17-18-28(41-31(37)23-12-7-5-8-13-23)29(21-22)42-32(38)24-14-9-6-10-15-24/h5-10,12-15,17-18,21,25-27,34H,3-4,11,16,19-20H2,1-2H3,(H,35,36)/t26?,27-/m0/s1. The van der Waals surface area contributed by atoms with Crippen LogP contribution in [0.5, 0.6) is 11.5 Å². The van der Waals surface area contributed by atoms with Crippen molar-refractivity contribution in [2.24, 2.45) is 0 Å². The zero-order chi connectivity index (χ0) is 29.9. The molecule has 0 radical (unpaired) electrons. The minimum absolute atomic E-state index is 0.00142. The second-order valence-corrected chi connectivity index (χ2v) is 10.1. The van der Waals surface area contributed by atoms with Gasteiger partial charge >= 0.3 is 17.9 Å². The van der Waals surface area contributed by atoms with E-state index in [4.69, 9.17) is 14.2 Å². The van der Waals surface area contributed by atoms with Crippen molar-refractivity contribution < 1.29 is 33.4 Å². The summed E-state index contributed by atoms with van der Waals surface area (Å²) >= 11 is 0. The molecule has 9 heteroatoms. The fraction of sp³-hybridized carbons (Fsp3) is 0.333. The fourth-order valence-electron chi connectivity index (χ4n) is 4.62. The van der Waals surface area contributed by atoms with Gasteiger partial charge in [-0.25, -0.2) is 14.4 Å². The lowest BCUT2D eigenvalue weighted by Gasteiger charge is -2.23. The fourth-order valence-corrected chi connectivity index (χ4v) is 4.62. The molecule has 0 saturated carbocycles. The molecule has 1 aliphatic rings. The Hall–Kier alpha value is -4.50. The average molecular weight is 573 g/mol. The number of carbonyl (C=O) groups excluding carboxylic acids is 4. The molecule has 0 bridgehead atoms. The molecule has 1 aliphatic heterocycles. The van der Waals surface area contributed by atoms with Gasteiger partial charge in [0.25, 0.3) is 0 Å². The smallest absolute Gasteiger partial charge is 0.343 e. The molecule has 3 aromatic rings. The van der Waals surface area contributed by atoms with Gasteiger partial charge in [-0.3, -0.25) is 4.79 Å². The number of hydrogen-bond acceptors (Lipinski definition) is 8. The van der Waals surface area contributed by atoms with Crippen molar-refractivity contribution in [2.75, 3.05) is 6.54 Å². The molecule has 2 N–H and O–H groups in total. The highest BCUT2D eigenvalue weighted by Gasteiger charge is 2.30. The molecule has 1 fully saturated rings. The maximum atomic E-state index is 13.2. The van der Waals surface area contributed by atoms with E-state index >= 15 is 0 Å². The Morgan fingerprint density at radius 1 is 0.833 bits per heavy atom. The molecule has 3 aromatic carbocycles. The first-order valence-electron chi connectivity index (χ1n) is 14.3. The largest absolute Gasteiger partial charge is 0.461 e. The van der Waals surface area contributed by atoms with Crippen LogP contribution in [-0.2, 0) is 20.7 Å². The van der Waals surface area contributed by atoms with E-state index in [0.29, 0.717) is 36.0 Å². The number of esters is 3. The number of hydrogen-bond donors (Lipinski definition) is 2. The first-order chi connectivity index (χ1) is 20.4. The third-order valence-corrected chi connectivity index (χ3v) is 7.04. The van der Waals surface area contributed by atoms with Gasteiger partial charge < -0.3 is 24.8 Å². The number of rotatable bonds is 12. The third-order valence-electron chi connectivity index (χ3n) is 7.04. The molecule has 4 rings (SSSR count). The minimum atomic E-state index is -0.976. The highest BCUT2D eigenvalue weighted by molar-refractivity contribution is 5.93. The Kier molecular flexibility index (Phi) is 10.8. The van der Waals surface area contributed by atoms with Crippen LogP contribution in [0, 0.1) is 0 Å². The van der Waals surface area contributed by atoms with Crippen LogP contribution in [0.15, 0.2) is 78.9 Å². The molecular weight excluding hydrogens is 536 g/mol. The van der Waals surface area contributed by atoms with Crippen LogP contribution in [0.3, 0.4) is 0 Å². The number of ether oxygens (including phenoxy) is 3. The van der Waals surface area contributed by atoms with Crippen LogP contribution in [0.4, 0.5) is 0 Å². The van der Waals surface area contributed by atoms with Crippen LogP contribution < -0.4 is 20.1 Å². The summed E-state index contributed by atoms with van der Waals surface area (Å²) in [5.41, 5.74) is 1.21. The Balaban J connectivity index is 1.61. The lowest BCUT2D eigenvalue weighted by atomic mass is 10.0. The van der Waals surface area contributed by atoms with Gasteiger partial charge in [0.05, 0.1) is 17.2 Å². The summed E-state index contributed by atoms with van der Waals surface area (Å²) in [5.74, 6) is -2.05. The van der Waals surface area contributed by atoms with Crippen molar-refractivity contribution in [1.29, 1.82) is 0 Å². The number of benzene rings is 3. The second-order valence-electron chi connectivity index (χ2n) is 10.1. The maximum Gasteiger partial charge on any atom is 0.343 e. The van der Waals surface area contributed by atoms with Crippen molar-refractivity contribution in [3.63, 3.8) is 0 Å². The van der Waals surface area contributed by atoms with Gasteiger partial charge in [0, 0.05) is 6.42 Å². The Bertz CT molecular complexity index is 1370. The second kappa shape index (κ2) is 14.9. The summed E-state index contributed by atoms with van der Waals surface area (Å²) in [7, 11) is 0. The normalized spacial score (nSPS) is 15.1. The molecule has 9 nitrogen and oxygen atoms in total. The van der Waals surface area contributed by atoms with Gasteiger partial charge in [0.1, 0.15) is 12.1 Å². The molecule has 0 aliphatic carbocycles. The first-order valence-corrected chi connectivity index (χ1v) is 14.3. The quantitative estimate of drug-likeness (QED) is 0.238. The topological polar surface area (TPSA) is 120 Å². The number of nitrogens with one attached hydrogen (secondary N) is 2. The highest BCUT2D eigenvalue weighted by atomic mass is 16.6. The van der Waals surface area contributed by atoms with Crippen molar-refractivity contribution in [3.05, 3.63) is 95.6 Å². The summed E-state index contributed by atoms with van der Waals surface area (Å²) in [5, 5.41) is 5.99. The van der Waals surface area contributed by atoms with Gasteiger partial charge in [-0.2, -0.15) is 0 Å². The van der Waals surface area contributed by atoms with E-state index < -0.39 is 23.9 Å². The highest BCUT2D eigenvalue weighted by Crippen LogP contribution is 2.31. The van der Waals surface area contributed by atoms with Crippen molar-refractivity contribution >= 4 is 23.8 Å². The van der Waals surface area contributed by atoms with E-state index in [9.17, 15) is 19.2 Å². The molecule has 0 aromatic heterocycles. The molecule has 42 heavy (non-hydrogen) atoms. The lowest BCUT2D eigenvalue weighted by Crippen LogP contribution is -2.50. The summed E-state index contributed by atoms with van der Waals surface area (Å²) in [6, 6.07) is 20.2. The Morgan fingerprint density at radius 2 is 1.43 bits per heavy atom. The molecule has 2 atom stereocenters. The van der Waals surface area contributed by atoms with E-state index in [1.165, 1.54) is 12.1 Å². The Morgan fingerprint density at radius 3 is 1.98 bits per heavy atom. The van der Waals surface area contributed by atoms with Gasteiger partial charge in [0.15, 0.2) is 11.5 Å². The molecule has 1 amide bonds. The zero-order valence-corrected chi connectivity index (χ0v) is 23.8. The van der Waals surface area contributed by atoms with Crippen LogP contribution >= 0.6 is 0 Å². The maximum absolute atomic E-state index is 13.2. The van der Waals surface area contributed by atoms with E-state index in [-0.39, 0.29) is 36.0 Å². The van der Waals surface area contributed by atoms with Gasteiger partial charge in [-0.05, 0) is 74.2 Å². The van der Waals surface area contributed by atoms with Gasteiger partial charge in [-0.1, -0.05) is 56.3 Å². The molecule has 1 saturated heterocycles. The molecule has 1 heterocycles. The van der Waals surface area contributed by atoms with Crippen molar-refractivity contribution in [2.45, 2.75) is 64.1 Å². The SMILES string of the molecule is CCC(CC)OC(=O)[C@H](Cc1ccc(OC(=O)c2ccccc2)c(OC(=O)c2ccccc2)c1)NC(=O)C1CCCN1. The summed E-state index contributed by atoms with van der Waals surface area (Å²) < 4.78 is 17.0. The molecule has 1 unspecified atom stereocenters. The number of carbonyl (C=O) groups is 4. The predicted molar refractivity (Wildman–Crippen MR) is 156 cm³/mol. The van der Waals surface area contributed by atoms with Crippen molar-refractivity contribution in [1.82, 2.24) is 10.6 Å². The lowest BCUT2D eigenvalue weighted by molar-refractivity contribution is -0.153. The summed E-state index contributed by atoms with van der Waals surface area (Å²) in [6.07, 6.45) is 2.65. The Labute approximate surface area is 245 Å². The summed E-state index contributed by atoms with van der Waals surface area (Å²) in [6.45, 7) is 4.60. The van der Waals surface area contributed by atoms with Gasteiger partial charge in [0.2, 0.25) is 5.91 Å².